The Labute approximate surface area is 200 Å². The summed E-state index contributed by atoms with van der Waals surface area (Å²) in [6.07, 6.45) is -0.448. The summed E-state index contributed by atoms with van der Waals surface area (Å²) in [6, 6.07) is 4.55. The molecule has 0 spiro atoms. The number of nitrogens with one attached hydrogen (secondary N) is 3. The average molecular weight is 479 g/mol. The van der Waals surface area contributed by atoms with Gasteiger partial charge in [0.2, 0.25) is 17.7 Å². The Kier molecular flexibility index (Phi) is 11.7. The van der Waals surface area contributed by atoms with Crippen molar-refractivity contribution in [2.45, 2.75) is 77.7 Å². The number of benzene rings is 1. The fourth-order valence-corrected chi connectivity index (χ4v) is 3.26. The van der Waals surface area contributed by atoms with E-state index in [-0.39, 0.29) is 18.3 Å². The second kappa shape index (κ2) is 13.7. The third-order valence-electron chi connectivity index (χ3n) is 5.76. The number of amides is 3. The zero-order valence-electron chi connectivity index (χ0n) is 20.4. The first-order valence-electron chi connectivity index (χ1n) is 11.5. The molecule has 1 rings (SSSR count). The van der Waals surface area contributed by atoms with E-state index in [2.05, 4.69) is 16.0 Å². The number of carboxylic acid groups (broad SMARTS) is 1. The number of nitrogens with two attached hydrogens (primary N) is 1. The molecule has 0 aromatic heterocycles. The third-order valence-corrected chi connectivity index (χ3v) is 5.76. The molecule has 7 N–H and O–H groups in total. The van der Waals surface area contributed by atoms with Crippen molar-refractivity contribution in [2.24, 2.45) is 17.6 Å². The van der Waals surface area contributed by atoms with Gasteiger partial charge in [-0.3, -0.25) is 14.4 Å². The van der Waals surface area contributed by atoms with Gasteiger partial charge in [0.15, 0.2) is 0 Å². The molecule has 0 saturated carbocycles. The van der Waals surface area contributed by atoms with Crippen molar-refractivity contribution in [3.05, 3.63) is 35.9 Å². The highest BCUT2D eigenvalue weighted by atomic mass is 16.4. The van der Waals surface area contributed by atoms with Crippen LogP contribution in [0.25, 0.3) is 0 Å². The Morgan fingerprint density at radius 2 is 1.44 bits per heavy atom. The lowest BCUT2D eigenvalue weighted by molar-refractivity contribution is -0.144. The van der Waals surface area contributed by atoms with Gasteiger partial charge < -0.3 is 31.9 Å². The maximum absolute atomic E-state index is 13.1. The first-order chi connectivity index (χ1) is 15.9. The molecule has 1 aromatic rings. The summed E-state index contributed by atoms with van der Waals surface area (Å²) in [5.41, 5.74) is 6.43. The van der Waals surface area contributed by atoms with E-state index in [0.717, 1.165) is 5.56 Å². The second-order valence-electron chi connectivity index (χ2n) is 8.96. The van der Waals surface area contributed by atoms with Crippen molar-refractivity contribution >= 4 is 23.7 Å². The largest absolute Gasteiger partial charge is 0.480 e. The highest BCUT2D eigenvalue weighted by Crippen LogP contribution is 2.11. The summed E-state index contributed by atoms with van der Waals surface area (Å²) < 4.78 is 0. The molecule has 0 saturated heterocycles. The van der Waals surface area contributed by atoms with E-state index in [1.165, 1.54) is 6.92 Å². The van der Waals surface area contributed by atoms with E-state index >= 15 is 0 Å². The molecule has 1 aromatic carbocycles. The zero-order valence-corrected chi connectivity index (χ0v) is 20.4. The summed E-state index contributed by atoms with van der Waals surface area (Å²) in [5, 5.41) is 26.9. The lowest BCUT2D eigenvalue weighted by Crippen LogP contribution is -2.60. The molecule has 0 fully saturated rings. The Morgan fingerprint density at radius 1 is 0.882 bits per heavy atom. The maximum atomic E-state index is 13.1. The van der Waals surface area contributed by atoms with Crippen LogP contribution in [-0.4, -0.2) is 64.2 Å². The SMILES string of the molecule is CCC(C)C(NC(=O)C(Cc1ccccc1)NC(=O)C(NC(=O)C(N)C(C)O)C(C)C)C(=O)O. The summed E-state index contributed by atoms with van der Waals surface area (Å²) in [5.74, 6) is -3.79. The summed E-state index contributed by atoms with van der Waals surface area (Å²) >= 11 is 0. The molecule has 0 radical (unpaired) electrons. The number of carboxylic acids is 1. The van der Waals surface area contributed by atoms with Gasteiger partial charge in [0.1, 0.15) is 24.2 Å². The molecule has 34 heavy (non-hydrogen) atoms. The van der Waals surface area contributed by atoms with Crippen LogP contribution in [0.4, 0.5) is 0 Å². The lowest BCUT2D eigenvalue weighted by atomic mass is 9.97. The van der Waals surface area contributed by atoms with Crippen LogP contribution in [0.3, 0.4) is 0 Å². The van der Waals surface area contributed by atoms with Gasteiger partial charge in [0.25, 0.3) is 0 Å². The number of aliphatic hydroxyl groups is 1. The molecule has 0 aliphatic rings. The Hall–Kier alpha value is -2.98. The normalized spacial score (nSPS) is 16.5. The van der Waals surface area contributed by atoms with Gasteiger partial charge >= 0.3 is 5.97 Å². The average Bonchev–Trinajstić information content (AvgIpc) is 2.79. The van der Waals surface area contributed by atoms with E-state index in [9.17, 15) is 29.4 Å². The fraction of sp³-hybridized carbons (Fsp3) is 0.583. The minimum absolute atomic E-state index is 0.122. The molecule has 0 heterocycles. The van der Waals surface area contributed by atoms with E-state index in [0.29, 0.717) is 6.42 Å². The predicted octanol–water partition coefficient (Wildman–Crippen LogP) is 0.178. The van der Waals surface area contributed by atoms with Crippen molar-refractivity contribution < 1.29 is 29.4 Å². The number of carbonyl (C=O) groups is 4. The minimum Gasteiger partial charge on any atom is -0.480 e. The van der Waals surface area contributed by atoms with Gasteiger partial charge in [-0.15, -0.1) is 0 Å². The van der Waals surface area contributed by atoms with Crippen molar-refractivity contribution in [2.75, 3.05) is 0 Å². The quantitative estimate of drug-likeness (QED) is 0.235. The molecule has 0 aliphatic heterocycles. The Morgan fingerprint density at radius 3 is 1.91 bits per heavy atom. The minimum atomic E-state index is -1.22. The maximum Gasteiger partial charge on any atom is 0.326 e. The number of hydrogen-bond donors (Lipinski definition) is 6. The van der Waals surface area contributed by atoms with Crippen LogP contribution >= 0.6 is 0 Å². The van der Waals surface area contributed by atoms with Crippen molar-refractivity contribution in [1.29, 1.82) is 0 Å². The van der Waals surface area contributed by atoms with Gasteiger partial charge in [0.05, 0.1) is 6.10 Å². The number of rotatable bonds is 13. The summed E-state index contributed by atoms with van der Waals surface area (Å²) in [4.78, 5) is 50.2. The van der Waals surface area contributed by atoms with E-state index in [4.69, 9.17) is 5.73 Å². The van der Waals surface area contributed by atoms with Gasteiger partial charge in [-0.2, -0.15) is 0 Å². The smallest absolute Gasteiger partial charge is 0.326 e. The van der Waals surface area contributed by atoms with E-state index < -0.39 is 54.0 Å². The molecular weight excluding hydrogens is 440 g/mol. The van der Waals surface area contributed by atoms with Gasteiger partial charge in [0, 0.05) is 6.42 Å². The molecule has 0 bridgehead atoms. The first-order valence-corrected chi connectivity index (χ1v) is 11.5. The standard InChI is InChI=1S/C24H38N4O6/c1-6-14(4)20(24(33)34)28-21(30)17(12-16-10-8-7-9-11-16)26-23(32)19(13(2)3)27-22(31)18(25)15(5)29/h7-11,13-15,17-20,29H,6,12,25H2,1-5H3,(H,26,32)(H,27,31)(H,28,30)(H,33,34). The van der Waals surface area contributed by atoms with Crippen LogP contribution in [0.1, 0.15) is 46.6 Å². The zero-order chi connectivity index (χ0) is 26.0. The van der Waals surface area contributed by atoms with E-state index in [1.807, 2.05) is 13.0 Å². The summed E-state index contributed by atoms with van der Waals surface area (Å²) in [6.45, 7) is 8.34. The predicted molar refractivity (Wildman–Crippen MR) is 128 cm³/mol. The Balaban J connectivity index is 3.13. The fourth-order valence-electron chi connectivity index (χ4n) is 3.26. The first kappa shape index (κ1) is 29.1. The monoisotopic (exact) mass is 478 g/mol. The highest BCUT2D eigenvalue weighted by Gasteiger charge is 2.33. The van der Waals surface area contributed by atoms with Crippen molar-refractivity contribution in [3.63, 3.8) is 0 Å². The highest BCUT2D eigenvalue weighted by molar-refractivity contribution is 5.94. The van der Waals surface area contributed by atoms with Crippen LogP contribution in [0.15, 0.2) is 30.3 Å². The molecule has 0 aliphatic carbocycles. The van der Waals surface area contributed by atoms with Gasteiger partial charge in [-0.05, 0) is 24.3 Å². The topological polar surface area (TPSA) is 171 Å². The second-order valence-corrected chi connectivity index (χ2v) is 8.96. The van der Waals surface area contributed by atoms with Crippen molar-refractivity contribution in [1.82, 2.24) is 16.0 Å². The van der Waals surface area contributed by atoms with Gasteiger partial charge in [-0.1, -0.05) is 64.4 Å². The summed E-state index contributed by atoms with van der Waals surface area (Å²) in [7, 11) is 0. The molecule has 3 amide bonds. The molecule has 190 valence electrons. The van der Waals surface area contributed by atoms with Gasteiger partial charge in [-0.25, -0.2) is 4.79 Å². The molecule has 6 unspecified atom stereocenters. The van der Waals surface area contributed by atoms with Crippen LogP contribution in [0, 0.1) is 11.8 Å². The van der Waals surface area contributed by atoms with Crippen LogP contribution in [-0.2, 0) is 25.6 Å². The lowest BCUT2D eigenvalue weighted by Gasteiger charge is -2.28. The van der Waals surface area contributed by atoms with Crippen LogP contribution < -0.4 is 21.7 Å². The molecule has 6 atom stereocenters. The molecular formula is C24H38N4O6. The van der Waals surface area contributed by atoms with Crippen molar-refractivity contribution in [3.8, 4) is 0 Å². The number of aliphatic carboxylic acids is 1. The number of aliphatic hydroxyl groups excluding tert-OH is 1. The Bertz CT molecular complexity index is 830. The van der Waals surface area contributed by atoms with E-state index in [1.54, 1.807) is 45.0 Å². The van der Waals surface area contributed by atoms with Crippen LogP contribution in [0.5, 0.6) is 0 Å². The van der Waals surface area contributed by atoms with Crippen LogP contribution in [0.2, 0.25) is 0 Å². The molecule has 10 nitrogen and oxygen atoms in total. The number of carbonyl (C=O) groups excluding carboxylic acids is 3. The number of hydrogen-bond acceptors (Lipinski definition) is 6. The molecule has 10 heteroatoms. The third kappa shape index (κ3) is 8.75.